The molecule has 1 aromatic rings. The van der Waals surface area contributed by atoms with E-state index in [0.717, 1.165) is 0 Å². The lowest BCUT2D eigenvalue weighted by Crippen LogP contribution is -2.29. The molecular weight excluding hydrogens is 280 g/mol. The van der Waals surface area contributed by atoms with Crippen LogP contribution in [-0.2, 0) is 9.59 Å². The Morgan fingerprint density at radius 3 is 2.52 bits per heavy atom. The molecule has 0 spiro atoms. The largest absolute Gasteiger partial charge is 0.481 e. The number of benzene rings is 1. The van der Waals surface area contributed by atoms with Gasteiger partial charge in [-0.3, -0.25) is 9.59 Å². The van der Waals surface area contributed by atoms with Crippen LogP contribution in [0.3, 0.4) is 0 Å². The third-order valence-electron chi connectivity index (χ3n) is 3.74. The molecule has 0 unspecified atom stereocenters. The monoisotopic (exact) mass is 297 g/mol. The summed E-state index contributed by atoms with van der Waals surface area (Å²) in [5.74, 6) is -3.17. The van der Waals surface area contributed by atoms with Gasteiger partial charge < -0.3 is 10.0 Å². The van der Waals surface area contributed by atoms with E-state index >= 15 is 0 Å². The Bertz CT molecular complexity index is 542. The number of amides is 1. The second-order valence-corrected chi connectivity index (χ2v) is 5.34. The lowest BCUT2D eigenvalue weighted by Gasteiger charge is -2.16. The van der Waals surface area contributed by atoms with Gasteiger partial charge in [-0.1, -0.05) is 6.07 Å². The zero-order valence-electron chi connectivity index (χ0n) is 11.7. The standard InChI is InChI=1S/C15H17F2NO3/c1-18(7-3-6-13(19)20)15(21)10-8-9(10)14-11(16)4-2-5-12(14)17/h2,4-5,9-10H,3,6-8H2,1H3,(H,19,20)/t9-,10+/m1/s1. The summed E-state index contributed by atoms with van der Waals surface area (Å²) in [6.45, 7) is 0.327. The average molecular weight is 297 g/mol. The van der Waals surface area contributed by atoms with Gasteiger partial charge in [-0.15, -0.1) is 0 Å². The summed E-state index contributed by atoms with van der Waals surface area (Å²) in [4.78, 5) is 24.0. The summed E-state index contributed by atoms with van der Waals surface area (Å²) in [6.07, 6.45) is 0.788. The number of rotatable bonds is 6. The van der Waals surface area contributed by atoms with Crippen molar-refractivity contribution in [3.8, 4) is 0 Å². The first-order valence-electron chi connectivity index (χ1n) is 6.82. The van der Waals surface area contributed by atoms with Crippen molar-refractivity contribution >= 4 is 11.9 Å². The van der Waals surface area contributed by atoms with Crippen LogP contribution < -0.4 is 0 Å². The fourth-order valence-corrected chi connectivity index (χ4v) is 2.51. The Morgan fingerprint density at radius 2 is 1.95 bits per heavy atom. The van der Waals surface area contributed by atoms with Crippen molar-refractivity contribution in [3.05, 3.63) is 35.4 Å². The molecule has 0 radical (unpaired) electrons. The Morgan fingerprint density at radius 1 is 1.33 bits per heavy atom. The topological polar surface area (TPSA) is 57.6 Å². The summed E-state index contributed by atoms with van der Waals surface area (Å²) < 4.78 is 27.3. The van der Waals surface area contributed by atoms with Crippen LogP contribution in [-0.4, -0.2) is 35.5 Å². The number of carbonyl (C=O) groups excluding carboxylic acids is 1. The maximum atomic E-state index is 13.6. The van der Waals surface area contributed by atoms with Crippen LogP contribution in [0.15, 0.2) is 18.2 Å². The number of hydrogen-bond acceptors (Lipinski definition) is 2. The quantitative estimate of drug-likeness (QED) is 0.877. The van der Waals surface area contributed by atoms with Gasteiger partial charge in [-0.25, -0.2) is 8.78 Å². The molecule has 114 valence electrons. The third kappa shape index (κ3) is 3.56. The average Bonchev–Trinajstić information content (AvgIpc) is 3.17. The van der Waals surface area contributed by atoms with Crippen molar-refractivity contribution in [1.29, 1.82) is 0 Å². The molecule has 1 saturated carbocycles. The molecule has 1 N–H and O–H groups in total. The van der Waals surface area contributed by atoms with Crippen molar-refractivity contribution in [2.24, 2.45) is 5.92 Å². The zero-order valence-corrected chi connectivity index (χ0v) is 11.7. The van der Waals surface area contributed by atoms with Crippen LogP contribution in [0.5, 0.6) is 0 Å². The first-order valence-corrected chi connectivity index (χ1v) is 6.82. The van der Waals surface area contributed by atoms with E-state index in [1.54, 1.807) is 7.05 Å². The predicted octanol–water partition coefficient (Wildman–Crippen LogP) is 2.39. The SMILES string of the molecule is CN(CCCC(=O)O)C(=O)[C@H]1C[C@H]1c1c(F)cccc1F. The molecule has 21 heavy (non-hydrogen) atoms. The maximum absolute atomic E-state index is 13.6. The molecule has 2 rings (SSSR count). The molecule has 1 aromatic carbocycles. The van der Waals surface area contributed by atoms with Gasteiger partial charge >= 0.3 is 5.97 Å². The van der Waals surface area contributed by atoms with Gasteiger partial charge in [0.05, 0.1) is 0 Å². The van der Waals surface area contributed by atoms with Gasteiger partial charge in [0.15, 0.2) is 0 Å². The fourth-order valence-electron chi connectivity index (χ4n) is 2.51. The highest BCUT2D eigenvalue weighted by Crippen LogP contribution is 2.49. The minimum atomic E-state index is -0.909. The minimum Gasteiger partial charge on any atom is -0.481 e. The number of carboxylic acid groups (broad SMARTS) is 1. The van der Waals surface area contributed by atoms with Crippen molar-refractivity contribution < 1.29 is 23.5 Å². The lowest BCUT2D eigenvalue weighted by atomic mass is 10.1. The highest BCUT2D eigenvalue weighted by Gasteiger charge is 2.47. The Hall–Kier alpha value is -1.98. The van der Waals surface area contributed by atoms with Crippen LogP contribution in [0, 0.1) is 17.6 Å². The lowest BCUT2D eigenvalue weighted by molar-refractivity contribution is -0.138. The molecule has 0 heterocycles. The molecule has 0 aromatic heterocycles. The Labute approximate surface area is 121 Å². The van der Waals surface area contributed by atoms with E-state index < -0.39 is 29.4 Å². The first kappa shape index (κ1) is 15.4. The molecule has 1 fully saturated rings. The smallest absolute Gasteiger partial charge is 0.303 e. The van der Waals surface area contributed by atoms with Crippen molar-refractivity contribution in [1.82, 2.24) is 4.90 Å². The highest BCUT2D eigenvalue weighted by atomic mass is 19.1. The van der Waals surface area contributed by atoms with Gasteiger partial charge in [0.25, 0.3) is 0 Å². The third-order valence-corrected chi connectivity index (χ3v) is 3.74. The van der Waals surface area contributed by atoms with Crippen LogP contribution >= 0.6 is 0 Å². The second kappa shape index (κ2) is 6.20. The summed E-state index contributed by atoms with van der Waals surface area (Å²) in [6, 6.07) is 3.68. The van der Waals surface area contributed by atoms with Crippen molar-refractivity contribution in [2.45, 2.75) is 25.2 Å². The van der Waals surface area contributed by atoms with Gasteiger partial charge in [-0.2, -0.15) is 0 Å². The summed E-state index contributed by atoms with van der Waals surface area (Å²) >= 11 is 0. The number of carbonyl (C=O) groups is 2. The summed E-state index contributed by atoms with van der Waals surface area (Å²) in [7, 11) is 1.58. The Kier molecular flexibility index (Phi) is 4.55. The van der Waals surface area contributed by atoms with Gasteiger partial charge in [0.2, 0.25) is 5.91 Å². The molecule has 0 aliphatic heterocycles. The molecular formula is C15H17F2NO3. The van der Waals surface area contributed by atoms with Gasteiger partial charge in [0, 0.05) is 37.4 Å². The summed E-state index contributed by atoms with van der Waals surface area (Å²) in [5, 5.41) is 8.55. The molecule has 6 heteroatoms. The van der Waals surface area contributed by atoms with E-state index in [1.165, 1.54) is 23.1 Å². The molecule has 0 saturated heterocycles. The molecule has 1 aliphatic carbocycles. The van der Waals surface area contributed by atoms with Crippen molar-refractivity contribution in [2.75, 3.05) is 13.6 Å². The van der Waals surface area contributed by atoms with Gasteiger partial charge in [-0.05, 0) is 25.0 Å². The number of carboxylic acids is 1. The van der Waals surface area contributed by atoms with Crippen LogP contribution in [0.4, 0.5) is 8.78 Å². The van der Waals surface area contributed by atoms with Crippen LogP contribution in [0.2, 0.25) is 0 Å². The molecule has 2 atom stereocenters. The number of nitrogens with zero attached hydrogens (tertiary/aromatic N) is 1. The predicted molar refractivity (Wildman–Crippen MR) is 71.7 cm³/mol. The molecule has 1 aliphatic rings. The van der Waals surface area contributed by atoms with Crippen molar-refractivity contribution in [3.63, 3.8) is 0 Å². The van der Waals surface area contributed by atoms with E-state index in [-0.39, 0.29) is 17.9 Å². The highest BCUT2D eigenvalue weighted by molar-refractivity contribution is 5.82. The zero-order chi connectivity index (χ0) is 15.6. The summed E-state index contributed by atoms with van der Waals surface area (Å²) in [5.41, 5.74) is -0.0187. The normalized spacial score (nSPS) is 20.1. The fraction of sp³-hybridized carbons (Fsp3) is 0.467. The second-order valence-electron chi connectivity index (χ2n) is 5.34. The van der Waals surface area contributed by atoms with Crippen LogP contribution in [0.1, 0.15) is 30.7 Å². The maximum Gasteiger partial charge on any atom is 0.303 e. The van der Waals surface area contributed by atoms with E-state index in [4.69, 9.17) is 5.11 Å². The molecule has 0 bridgehead atoms. The van der Waals surface area contributed by atoms with E-state index in [1.807, 2.05) is 0 Å². The van der Waals surface area contributed by atoms with E-state index in [9.17, 15) is 18.4 Å². The number of hydrogen-bond donors (Lipinski definition) is 1. The number of halogens is 2. The van der Waals surface area contributed by atoms with Crippen LogP contribution in [0.25, 0.3) is 0 Å². The van der Waals surface area contributed by atoms with E-state index in [2.05, 4.69) is 0 Å². The van der Waals surface area contributed by atoms with Gasteiger partial charge in [0.1, 0.15) is 11.6 Å². The molecule has 4 nitrogen and oxygen atoms in total. The van der Waals surface area contributed by atoms with E-state index in [0.29, 0.717) is 19.4 Å². The molecule has 1 amide bonds. The minimum absolute atomic E-state index is 0.00629. The number of aliphatic carboxylic acids is 1. The Balaban J connectivity index is 1.93. The first-order chi connectivity index (χ1) is 9.91.